The molecule has 0 unspecified atom stereocenters. The SMILES string of the molecule is CC(C)c1[nH]nc(C(=O)N2CCC(Cc3cccc(F)c3)CC2)c1Br. The second kappa shape index (κ2) is 7.68. The lowest BCUT2D eigenvalue weighted by molar-refractivity contribution is 0.0683. The van der Waals surface area contributed by atoms with Gasteiger partial charge in [-0.25, -0.2) is 4.39 Å². The Labute approximate surface area is 155 Å². The number of benzene rings is 1. The molecule has 3 rings (SSSR count). The van der Waals surface area contributed by atoms with Crippen LogP contribution in [-0.4, -0.2) is 34.1 Å². The zero-order valence-electron chi connectivity index (χ0n) is 14.6. The van der Waals surface area contributed by atoms with Crippen LogP contribution >= 0.6 is 15.9 Å². The maximum Gasteiger partial charge on any atom is 0.275 e. The quantitative estimate of drug-likeness (QED) is 0.808. The zero-order chi connectivity index (χ0) is 18.0. The van der Waals surface area contributed by atoms with Crippen molar-refractivity contribution in [2.75, 3.05) is 13.1 Å². The molecular weight excluding hydrogens is 385 g/mol. The third kappa shape index (κ3) is 4.11. The molecule has 1 aromatic heterocycles. The van der Waals surface area contributed by atoms with E-state index >= 15 is 0 Å². The van der Waals surface area contributed by atoms with Crippen molar-refractivity contribution in [1.29, 1.82) is 0 Å². The Bertz CT molecular complexity index is 751. The van der Waals surface area contributed by atoms with E-state index in [-0.39, 0.29) is 17.6 Å². The minimum absolute atomic E-state index is 0.0285. The van der Waals surface area contributed by atoms with Crippen molar-refractivity contribution in [1.82, 2.24) is 15.1 Å². The number of H-pyrrole nitrogens is 1. The van der Waals surface area contributed by atoms with Gasteiger partial charge >= 0.3 is 0 Å². The van der Waals surface area contributed by atoms with E-state index < -0.39 is 0 Å². The fourth-order valence-corrected chi connectivity index (χ4v) is 4.16. The van der Waals surface area contributed by atoms with Gasteiger partial charge in [-0.2, -0.15) is 5.10 Å². The summed E-state index contributed by atoms with van der Waals surface area (Å²) in [5.74, 6) is 0.550. The number of aromatic nitrogens is 2. The molecule has 1 aliphatic heterocycles. The number of rotatable bonds is 4. The van der Waals surface area contributed by atoms with E-state index in [9.17, 15) is 9.18 Å². The lowest BCUT2D eigenvalue weighted by atomic mass is 9.90. The van der Waals surface area contributed by atoms with E-state index in [4.69, 9.17) is 0 Å². The van der Waals surface area contributed by atoms with Crippen LogP contribution in [0.5, 0.6) is 0 Å². The van der Waals surface area contributed by atoms with Gasteiger partial charge in [0.25, 0.3) is 5.91 Å². The molecule has 0 aliphatic carbocycles. The van der Waals surface area contributed by atoms with Crippen molar-refractivity contribution in [2.45, 2.75) is 39.0 Å². The van der Waals surface area contributed by atoms with Crippen molar-refractivity contribution in [2.24, 2.45) is 5.92 Å². The van der Waals surface area contributed by atoms with E-state index in [2.05, 4.69) is 40.0 Å². The number of carbonyl (C=O) groups is 1. The Hall–Kier alpha value is -1.69. The van der Waals surface area contributed by atoms with Crippen molar-refractivity contribution in [3.8, 4) is 0 Å². The molecule has 1 aromatic carbocycles. The average Bonchev–Trinajstić information content (AvgIpc) is 2.97. The molecular formula is C19H23BrFN3O. The van der Waals surface area contributed by atoms with Gasteiger partial charge in [0.05, 0.1) is 10.2 Å². The van der Waals surface area contributed by atoms with Crippen LogP contribution in [0.3, 0.4) is 0 Å². The normalized spacial score (nSPS) is 15.8. The van der Waals surface area contributed by atoms with E-state index in [1.165, 1.54) is 6.07 Å². The minimum Gasteiger partial charge on any atom is -0.337 e. The number of aromatic amines is 1. The highest BCUT2D eigenvalue weighted by Crippen LogP contribution is 2.28. The Kier molecular flexibility index (Phi) is 5.57. The summed E-state index contributed by atoms with van der Waals surface area (Å²) in [4.78, 5) is 14.6. The number of hydrogen-bond acceptors (Lipinski definition) is 2. The molecule has 1 amide bonds. The Balaban J connectivity index is 1.59. The summed E-state index contributed by atoms with van der Waals surface area (Å²) in [7, 11) is 0. The Morgan fingerprint density at radius 2 is 2.12 bits per heavy atom. The van der Waals surface area contributed by atoms with Crippen molar-refractivity contribution in [3.05, 3.63) is 51.5 Å². The molecule has 2 aromatic rings. The van der Waals surface area contributed by atoms with Crippen molar-refractivity contribution >= 4 is 21.8 Å². The summed E-state index contributed by atoms with van der Waals surface area (Å²) < 4.78 is 14.1. The molecule has 1 N–H and O–H groups in total. The summed E-state index contributed by atoms with van der Waals surface area (Å²) in [5.41, 5.74) is 2.44. The number of amides is 1. The molecule has 25 heavy (non-hydrogen) atoms. The summed E-state index contributed by atoms with van der Waals surface area (Å²) >= 11 is 3.51. The van der Waals surface area contributed by atoms with E-state index in [1.807, 2.05) is 11.0 Å². The number of halogens is 2. The van der Waals surface area contributed by atoms with Gasteiger partial charge in [0.2, 0.25) is 0 Å². The fourth-order valence-electron chi connectivity index (χ4n) is 3.35. The van der Waals surface area contributed by atoms with Gasteiger partial charge in [-0.15, -0.1) is 0 Å². The summed E-state index contributed by atoms with van der Waals surface area (Å²) in [6, 6.07) is 6.79. The maximum atomic E-state index is 13.3. The fraction of sp³-hybridized carbons (Fsp3) is 0.474. The molecule has 0 bridgehead atoms. The van der Waals surface area contributed by atoms with Crippen LogP contribution in [0.1, 0.15) is 54.4 Å². The monoisotopic (exact) mass is 407 g/mol. The lowest BCUT2D eigenvalue weighted by Crippen LogP contribution is -2.39. The first-order valence-corrected chi connectivity index (χ1v) is 9.52. The Morgan fingerprint density at radius 1 is 1.40 bits per heavy atom. The van der Waals surface area contributed by atoms with Crippen molar-refractivity contribution in [3.63, 3.8) is 0 Å². The molecule has 0 atom stereocenters. The topological polar surface area (TPSA) is 49.0 Å². The molecule has 0 spiro atoms. The highest BCUT2D eigenvalue weighted by molar-refractivity contribution is 9.10. The molecule has 6 heteroatoms. The first kappa shape index (κ1) is 18.1. The van der Waals surface area contributed by atoms with Crippen LogP contribution in [0.2, 0.25) is 0 Å². The van der Waals surface area contributed by atoms with E-state index in [1.54, 1.807) is 12.1 Å². The van der Waals surface area contributed by atoms with Crippen LogP contribution in [0.15, 0.2) is 28.7 Å². The third-order valence-corrected chi connectivity index (χ3v) is 5.63. The predicted molar refractivity (Wildman–Crippen MR) is 99.1 cm³/mol. The number of nitrogens with zero attached hydrogens (tertiary/aromatic N) is 2. The number of nitrogens with one attached hydrogen (secondary N) is 1. The minimum atomic E-state index is -0.186. The highest BCUT2D eigenvalue weighted by Gasteiger charge is 2.28. The Morgan fingerprint density at radius 3 is 2.72 bits per heavy atom. The first-order valence-electron chi connectivity index (χ1n) is 8.73. The van der Waals surface area contributed by atoms with Crippen LogP contribution in [0.25, 0.3) is 0 Å². The maximum absolute atomic E-state index is 13.3. The van der Waals surface area contributed by atoms with Gasteiger partial charge in [-0.05, 0) is 64.7 Å². The van der Waals surface area contributed by atoms with Gasteiger partial charge in [-0.3, -0.25) is 9.89 Å². The van der Waals surface area contributed by atoms with Crippen LogP contribution in [-0.2, 0) is 6.42 Å². The molecule has 1 aliphatic rings. The predicted octanol–water partition coefficient (Wildman–Crippen LogP) is 4.53. The first-order chi connectivity index (χ1) is 12.0. The molecule has 1 saturated heterocycles. The van der Waals surface area contributed by atoms with Crippen LogP contribution in [0, 0.1) is 11.7 Å². The second-order valence-corrected chi connectivity index (χ2v) is 7.82. The van der Waals surface area contributed by atoms with Crippen LogP contribution in [0.4, 0.5) is 4.39 Å². The summed E-state index contributed by atoms with van der Waals surface area (Å²) in [6.45, 7) is 5.55. The molecule has 0 saturated carbocycles. The standard InChI is InChI=1S/C19H23BrFN3O/c1-12(2)17-16(20)18(23-22-17)19(25)24-8-6-13(7-9-24)10-14-4-3-5-15(21)11-14/h3-5,11-13H,6-10H2,1-2H3,(H,22,23). The van der Waals surface area contributed by atoms with E-state index in [0.29, 0.717) is 11.6 Å². The number of likely N-dealkylation sites (tertiary alicyclic amines) is 1. The number of carbonyl (C=O) groups excluding carboxylic acids is 1. The summed E-state index contributed by atoms with van der Waals surface area (Å²) in [5, 5.41) is 7.16. The van der Waals surface area contributed by atoms with Gasteiger partial charge in [0.15, 0.2) is 5.69 Å². The van der Waals surface area contributed by atoms with Gasteiger partial charge in [-0.1, -0.05) is 26.0 Å². The molecule has 4 nitrogen and oxygen atoms in total. The number of piperidine rings is 1. The van der Waals surface area contributed by atoms with Crippen molar-refractivity contribution < 1.29 is 9.18 Å². The van der Waals surface area contributed by atoms with Crippen LogP contribution < -0.4 is 0 Å². The average molecular weight is 408 g/mol. The summed E-state index contributed by atoms with van der Waals surface area (Å²) in [6.07, 6.45) is 2.73. The molecule has 1 fully saturated rings. The second-order valence-electron chi connectivity index (χ2n) is 7.02. The zero-order valence-corrected chi connectivity index (χ0v) is 16.1. The molecule has 134 valence electrons. The smallest absolute Gasteiger partial charge is 0.275 e. The van der Waals surface area contributed by atoms with Gasteiger partial charge in [0, 0.05) is 13.1 Å². The third-order valence-electron chi connectivity index (χ3n) is 4.83. The number of hydrogen-bond donors (Lipinski definition) is 1. The largest absolute Gasteiger partial charge is 0.337 e. The highest BCUT2D eigenvalue weighted by atomic mass is 79.9. The molecule has 2 heterocycles. The van der Waals surface area contributed by atoms with Gasteiger partial charge < -0.3 is 4.90 Å². The van der Waals surface area contributed by atoms with Gasteiger partial charge in [0.1, 0.15) is 5.82 Å². The molecule has 0 radical (unpaired) electrons. The lowest BCUT2D eigenvalue weighted by Gasteiger charge is -2.31. The van der Waals surface area contributed by atoms with E-state index in [0.717, 1.165) is 48.1 Å².